The Morgan fingerprint density at radius 2 is 1.88 bits per heavy atom. The first-order valence-electron chi connectivity index (χ1n) is 5.22. The van der Waals surface area contributed by atoms with Gasteiger partial charge in [0.05, 0.1) is 7.11 Å². The fourth-order valence-electron chi connectivity index (χ4n) is 1.40. The van der Waals surface area contributed by atoms with Gasteiger partial charge in [-0.1, -0.05) is 12.1 Å². The molecule has 0 heterocycles. The van der Waals surface area contributed by atoms with Crippen LogP contribution < -0.4 is 9.47 Å². The number of likely N-dealkylation sites (N-methyl/N-ethyl adjacent to an activating group) is 1. The van der Waals surface area contributed by atoms with Gasteiger partial charge in [0.2, 0.25) is 0 Å². The molecule has 0 aromatic heterocycles. The maximum atomic E-state index is 9.64. The lowest BCUT2D eigenvalue weighted by Gasteiger charge is -2.17. The molecule has 0 amide bonds. The number of ether oxygens (including phenoxy) is 2. The van der Waals surface area contributed by atoms with Crippen LogP contribution in [-0.4, -0.2) is 50.5 Å². The van der Waals surface area contributed by atoms with E-state index in [0.717, 1.165) is 0 Å². The number of hydrogen-bond acceptors (Lipinski definition) is 4. The average Bonchev–Trinajstić information content (AvgIpc) is 2.26. The van der Waals surface area contributed by atoms with Gasteiger partial charge in [-0.15, -0.1) is 0 Å². The SMILES string of the molecule is COc1ccccc1OC[C@@H](O)CN(C)C. The van der Waals surface area contributed by atoms with Gasteiger partial charge in [-0.3, -0.25) is 0 Å². The van der Waals surface area contributed by atoms with Crippen molar-refractivity contribution >= 4 is 0 Å². The van der Waals surface area contributed by atoms with Gasteiger partial charge in [-0.2, -0.15) is 0 Å². The van der Waals surface area contributed by atoms with Gasteiger partial charge < -0.3 is 19.5 Å². The van der Waals surface area contributed by atoms with Crippen LogP contribution in [-0.2, 0) is 0 Å². The van der Waals surface area contributed by atoms with Crippen molar-refractivity contribution in [3.05, 3.63) is 24.3 Å². The maximum Gasteiger partial charge on any atom is 0.161 e. The summed E-state index contributed by atoms with van der Waals surface area (Å²) >= 11 is 0. The number of nitrogens with zero attached hydrogens (tertiary/aromatic N) is 1. The minimum atomic E-state index is -0.500. The summed E-state index contributed by atoms with van der Waals surface area (Å²) in [5.41, 5.74) is 0. The Hall–Kier alpha value is -1.26. The Balaban J connectivity index is 2.47. The predicted molar refractivity (Wildman–Crippen MR) is 63.0 cm³/mol. The molecule has 4 nitrogen and oxygen atoms in total. The van der Waals surface area contributed by atoms with Gasteiger partial charge in [0.25, 0.3) is 0 Å². The highest BCUT2D eigenvalue weighted by Crippen LogP contribution is 2.25. The predicted octanol–water partition coefficient (Wildman–Crippen LogP) is 0.996. The molecule has 0 aliphatic heterocycles. The second kappa shape index (κ2) is 6.35. The van der Waals surface area contributed by atoms with Crippen LogP contribution in [0.3, 0.4) is 0 Å². The van der Waals surface area contributed by atoms with E-state index in [2.05, 4.69) is 0 Å². The molecule has 0 fully saturated rings. The quantitative estimate of drug-likeness (QED) is 0.784. The van der Waals surface area contributed by atoms with E-state index in [0.29, 0.717) is 18.0 Å². The molecule has 1 N–H and O–H groups in total. The van der Waals surface area contributed by atoms with Gasteiger partial charge in [-0.25, -0.2) is 0 Å². The second-order valence-electron chi connectivity index (χ2n) is 3.88. The third-order valence-corrected chi connectivity index (χ3v) is 2.08. The average molecular weight is 225 g/mol. The van der Waals surface area contributed by atoms with E-state index in [1.807, 2.05) is 43.3 Å². The monoisotopic (exact) mass is 225 g/mol. The lowest BCUT2D eigenvalue weighted by atomic mass is 10.3. The van der Waals surface area contributed by atoms with Crippen LogP contribution in [0.15, 0.2) is 24.3 Å². The third kappa shape index (κ3) is 4.08. The van der Waals surface area contributed by atoms with E-state index < -0.39 is 6.10 Å². The molecule has 16 heavy (non-hydrogen) atoms. The smallest absolute Gasteiger partial charge is 0.161 e. The molecule has 4 heteroatoms. The Kier molecular flexibility index (Phi) is 5.08. The molecule has 0 aliphatic carbocycles. The summed E-state index contributed by atoms with van der Waals surface area (Å²) < 4.78 is 10.6. The Morgan fingerprint density at radius 3 is 2.44 bits per heavy atom. The first-order chi connectivity index (χ1) is 7.63. The summed E-state index contributed by atoms with van der Waals surface area (Å²) in [7, 11) is 5.41. The normalized spacial score (nSPS) is 12.6. The molecular weight excluding hydrogens is 206 g/mol. The number of para-hydroxylation sites is 2. The molecule has 90 valence electrons. The molecule has 0 bridgehead atoms. The Bertz CT molecular complexity index is 315. The zero-order valence-electron chi connectivity index (χ0n) is 10.0. The number of rotatable bonds is 6. The molecule has 0 saturated heterocycles. The van der Waals surface area contributed by atoms with Crippen molar-refractivity contribution in [1.82, 2.24) is 4.90 Å². The molecule has 1 aromatic rings. The minimum absolute atomic E-state index is 0.262. The second-order valence-corrected chi connectivity index (χ2v) is 3.88. The highest BCUT2D eigenvalue weighted by atomic mass is 16.5. The molecule has 0 aliphatic rings. The number of methoxy groups -OCH3 is 1. The maximum absolute atomic E-state index is 9.64. The molecular formula is C12H19NO3. The highest BCUT2D eigenvalue weighted by molar-refractivity contribution is 5.39. The molecule has 0 saturated carbocycles. The zero-order chi connectivity index (χ0) is 12.0. The zero-order valence-corrected chi connectivity index (χ0v) is 10.0. The standard InChI is InChI=1S/C12H19NO3/c1-13(2)8-10(14)9-16-12-7-5-4-6-11(12)15-3/h4-7,10,14H,8-9H2,1-3H3/t10-/m0/s1. The van der Waals surface area contributed by atoms with Crippen LogP contribution >= 0.6 is 0 Å². The Labute approximate surface area is 96.4 Å². The van der Waals surface area contributed by atoms with Crippen LogP contribution in [0.5, 0.6) is 11.5 Å². The number of hydrogen-bond donors (Lipinski definition) is 1. The number of benzene rings is 1. The fraction of sp³-hybridized carbons (Fsp3) is 0.500. The number of aliphatic hydroxyl groups excluding tert-OH is 1. The third-order valence-electron chi connectivity index (χ3n) is 2.08. The van der Waals surface area contributed by atoms with Crippen LogP contribution in [0.25, 0.3) is 0 Å². The highest BCUT2D eigenvalue weighted by Gasteiger charge is 2.08. The van der Waals surface area contributed by atoms with Crippen molar-refractivity contribution in [2.75, 3.05) is 34.4 Å². The van der Waals surface area contributed by atoms with Crippen molar-refractivity contribution in [2.24, 2.45) is 0 Å². The van der Waals surface area contributed by atoms with Crippen LogP contribution in [0.1, 0.15) is 0 Å². The molecule has 1 atom stereocenters. The van der Waals surface area contributed by atoms with Crippen LogP contribution in [0.2, 0.25) is 0 Å². The van der Waals surface area contributed by atoms with Crippen LogP contribution in [0, 0.1) is 0 Å². The van der Waals surface area contributed by atoms with E-state index >= 15 is 0 Å². The lowest BCUT2D eigenvalue weighted by molar-refractivity contribution is 0.0818. The molecule has 1 rings (SSSR count). The summed E-state index contributed by atoms with van der Waals surface area (Å²) in [6.07, 6.45) is -0.500. The molecule has 0 unspecified atom stereocenters. The molecule has 0 spiro atoms. The van der Waals surface area contributed by atoms with Crippen LogP contribution in [0.4, 0.5) is 0 Å². The Morgan fingerprint density at radius 1 is 1.25 bits per heavy atom. The molecule has 1 aromatic carbocycles. The summed E-state index contributed by atoms with van der Waals surface area (Å²) in [5.74, 6) is 1.34. The van der Waals surface area contributed by atoms with E-state index in [9.17, 15) is 5.11 Å². The lowest BCUT2D eigenvalue weighted by Crippen LogP contribution is -2.30. The van der Waals surface area contributed by atoms with Gasteiger partial charge in [0.15, 0.2) is 11.5 Å². The van der Waals surface area contributed by atoms with Crippen molar-refractivity contribution in [1.29, 1.82) is 0 Å². The van der Waals surface area contributed by atoms with Gasteiger partial charge in [0.1, 0.15) is 12.7 Å². The summed E-state index contributed by atoms with van der Waals surface area (Å²) in [5, 5.41) is 9.64. The first kappa shape index (κ1) is 12.8. The topological polar surface area (TPSA) is 41.9 Å². The van der Waals surface area contributed by atoms with Crippen molar-refractivity contribution in [2.45, 2.75) is 6.10 Å². The van der Waals surface area contributed by atoms with Gasteiger partial charge in [-0.05, 0) is 26.2 Å². The first-order valence-corrected chi connectivity index (χ1v) is 5.22. The largest absolute Gasteiger partial charge is 0.493 e. The van der Waals surface area contributed by atoms with E-state index in [1.165, 1.54) is 0 Å². The van der Waals surface area contributed by atoms with E-state index in [-0.39, 0.29) is 6.61 Å². The number of aliphatic hydroxyl groups is 1. The molecule has 0 radical (unpaired) electrons. The minimum Gasteiger partial charge on any atom is -0.493 e. The van der Waals surface area contributed by atoms with Crippen molar-refractivity contribution < 1.29 is 14.6 Å². The van der Waals surface area contributed by atoms with Crippen molar-refractivity contribution in [3.63, 3.8) is 0 Å². The fourth-order valence-corrected chi connectivity index (χ4v) is 1.40. The van der Waals surface area contributed by atoms with Gasteiger partial charge >= 0.3 is 0 Å². The summed E-state index contributed by atoms with van der Waals surface area (Å²) in [6, 6.07) is 7.40. The summed E-state index contributed by atoms with van der Waals surface area (Å²) in [6.45, 7) is 0.841. The van der Waals surface area contributed by atoms with E-state index in [4.69, 9.17) is 9.47 Å². The van der Waals surface area contributed by atoms with Crippen molar-refractivity contribution in [3.8, 4) is 11.5 Å². The van der Waals surface area contributed by atoms with Gasteiger partial charge in [0, 0.05) is 6.54 Å². The summed E-state index contributed by atoms with van der Waals surface area (Å²) in [4.78, 5) is 1.91. The van der Waals surface area contributed by atoms with E-state index in [1.54, 1.807) is 7.11 Å².